The van der Waals surface area contributed by atoms with Gasteiger partial charge in [-0.3, -0.25) is 0 Å². The van der Waals surface area contributed by atoms with E-state index in [0.717, 1.165) is 5.69 Å². The van der Waals surface area contributed by atoms with Crippen LogP contribution < -0.4 is 0 Å². The summed E-state index contributed by atoms with van der Waals surface area (Å²) in [4.78, 5) is 4.69. The van der Waals surface area contributed by atoms with E-state index in [1.807, 2.05) is 12.3 Å². The minimum Gasteiger partial charge on any atom is -0.304 e. The monoisotopic (exact) mass is 471 g/mol. The van der Waals surface area contributed by atoms with E-state index in [9.17, 15) is 0 Å². The van der Waals surface area contributed by atoms with Crippen LogP contribution in [0.5, 0.6) is 0 Å². The number of fused-ring (bicyclic) bond motifs is 3. The predicted octanol–water partition coefficient (Wildman–Crippen LogP) is 5.24. The number of pyridine rings is 1. The Hall–Kier alpha value is -0.981. The minimum absolute atomic E-state index is 0. The average molecular weight is 471 g/mol. The molecule has 0 N–H and O–H groups in total. The molecule has 3 rings (SSSR count). The molecule has 1 aliphatic rings. The van der Waals surface area contributed by atoms with Gasteiger partial charge in [-0.25, -0.2) is 0 Å². The molecule has 1 nitrogen and oxygen atoms in total. The molecule has 0 saturated carbocycles. The fourth-order valence-electron chi connectivity index (χ4n) is 4.74. The fraction of sp³-hybridized carbons (Fsp3) is 0.450. The second-order valence-corrected chi connectivity index (χ2v) is 8.11. The summed E-state index contributed by atoms with van der Waals surface area (Å²) in [5.41, 5.74) is 5.13. The van der Waals surface area contributed by atoms with E-state index in [0.29, 0.717) is 0 Å². The summed E-state index contributed by atoms with van der Waals surface area (Å²) in [5.74, 6) is 0. The van der Waals surface area contributed by atoms with Crippen molar-refractivity contribution in [2.75, 3.05) is 0 Å². The molecule has 2 heteroatoms. The van der Waals surface area contributed by atoms with Crippen molar-refractivity contribution < 1.29 is 20.1 Å². The molecule has 0 bridgehead atoms. The maximum atomic E-state index is 4.69. The summed E-state index contributed by atoms with van der Waals surface area (Å²) in [5, 5.41) is 0. The standard InChI is InChI=1S/C20H24N.Ir/c1-18(2,3)20(19(4,5)6)15-11-8-7-10-14(15)17-16(20)12-9-13-21-17;/h7-9,11-13H,1-6H3;/q-1;. The van der Waals surface area contributed by atoms with Crippen LogP contribution in [0.15, 0.2) is 36.5 Å². The number of hydrogen-bond acceptors (Lipinski definition) is 1. The first-order valence-corrected chi connectivity index (χ1v) is 7.68. The molecule has 1 aromatic heterocycles. The number of aromatic nitrogens is 1. The Bertz CT molecular complexity index is 628. The van der Waals surface area contributed by atoms with Gasteiger partial charge >= 0.3 is 0 Å². The van der Waals surface area contributed by atoms with Gasteiger partial charge in [0.2, 0.25) is 0 Å². The van der Waals surface area contributed by atoms with Gasteiger partial charge in [-0.2, -0.15) is 0 Å². The van der Waals surface area contributed by atoms with Crippen LogP contribution in [0.25, 0.3) is 11.3 Å². The van der Waals surface area contributed by atoms with Crippen molar-refractivity contribution in [2.24, 2.45) is 10.8 Å². The first-order valence-electron chi connectivity index (χ1n) is 7.68. The van der Waals surface area contributed by atoms with Crippen molar-refractivity contribution in [2.45, 2.75) is 47.0 Å². The molecule has 0 unspecified atom stereocenters. The number of nitrogens with zero attached hydrogens (tertiary/aromatic N) is 1. The van der Waals surface area contributed by atoms with E-state index in [2.05, 4.69) is 71.9 Å². The quantitative estimate of drug-likeness (QED) is 0.480. The molecular weight excluding hydrogens is 446 g/mol. The Balaban J connectivity index is 0.00000176. The van der Waals surface area contributed by atoms with Crippen molar-refractivity contribution in [1.29, 1.82) is 0 Å². The summed E-state index contributed by atoms with van der Waals surface area (Å²) >= 11 is 0. The molecule has 1 heterocycles. The first-order chi connectivity index (χ1) is 9.71. The molecule has 0 aliphatic heterocycles. The fourth-order valence-corrected chi connectivity index (χ4v) is 4.74. The van der Waals surface area contributed by atoms with E-state index < -0.39 is 0 Å². The summed E-state index contributed by atoms with van der Waals surface area (Å²) in [6.07, 6.45) is 1.89. The van der Waals surface area contributed by atoms with Gasteiger partial charge in [0.25, 0.3) is 0 Å². The summed E-state index contributed by atoms with van der Waals surface area (Å²) in [6, 6.07) is 14.1. The van der Waals surface area contributed by atoms with Crippen LogP contribution in [0, 0.1) is 16.9 Å². The topological polar surface area (TPSA) is 12.9 Å². The van der Waals surface area contributed by atoms with Gasteiger partial charge in [0, 0.05) is 26.3 Å². The third-order valence-corrected chi connectivity index (χ3v) is 4.96. The van der Waals surface area contributed by atoms with Crippen LogP contribution in [0.3, 0.4) is 0 Å². The number of benzene rings is 1. The van der Waals surface area contributed by atoms with Gasteiger partial charge in [-0.05, 0) is 28.0 Å². The Kier molecular flexibility index (Phi) is 4.17. The Morgan fingerprint density at radius 2 is 1.50 bits per heavy atom. The van der Waals surface area contributed by atoms with E-state index in [1.54, 1.807) is 0 Å². The van der Waals surface area contributed by atoms with E-state index in [-0.39, 0.29) is 36.4 Å². The molecule has 0 amide bonds. The second kappa shape index (κ2) is 5.28. The van der Waals surface area contributed by atoms with Gasteiger partial charge in [0.05, 0.1) is 0 Å². The van der Waals surface area contributed by atoms with E-state index >= 15 is 0 Å². The van der Waals surface area contributed by atoms with Crippen molar-refractivity contribution in [3.05, 3.63) is 53.7 Å². The van der Waals surface area contributed by atoms with Crippen LogP contribution in [-0.2, 0) is 25.5 Å². The predicted molar refractivity (Wildman–Crippen MR) is 88.2 cm³/mol. The molecule has 119 valence electrons. The molecule has 1 aromatic carbocycles. The van der Waals surface area contributed by atoms with Crippen molar-refractivity contribution in [3.8, 4) is 11.3 Å². The van der Waals surface area contributed by atoms with Crippen molar-refractivity contribution >= 4 is 0 Å². The minimum atomic E-state index is -0.0588. The Morgan fingerprint density at radius 1 is 0.909 bits per heavy atom. The van der Waals surface area contributed by atoms with Gasteiger partial charge in [0.1, 0.15) is 0 Å². The zero-order valence-electron chi connectivity index (χ0n) is 14.2. The van der Waals surface area contributed by atoms with Gasteiger partial charge < -0.3 is 4.98 Å². The number of hydrogen-bond donors (Lipinski definition) is 0. The third kappa shape index (κ3) is 2.04. The smallest absolute Gasteiger partial charge is 0.0160 e. The largest absolute Gasteiger partial charge is 0.304 e. The van der Waals surface area contributed by atoms with Crippen LogP contribution in [-0.4, -0.2) is 4.98 Å². The molecule has 0 fully saturated rings. The van der Waals surface area contributed by atoms with Crippen LogP contribution in [0.4, 0.5) is 0 Å². The van der Waals surface area contributed by atoms with Gasteiger partial charge in [0.15, 0.2) is 0 Å². The maximum Gasteiger partial charge on any atom is 0.0160 e. The van der Waals surface area contributed by atoms with Crippen LogP contribution in [0.1, 0.15) is 52.7 Å². The normalized spacial score (nSPS) is 15.7. The summed E-state index contributed by atoms with van der Waals surface area (Å²) < 4.78 is 0. The van der Waals surface area contributed by atoms with Crippen LogP contribution in [0.2, 0.25) is 0 Å². The molecule has 0 atom stereocenters. The molecule has 1 aliphatic carbocycles. The zero-order valence-corrected chi connectivity index (χ0v) is 16.6. The molecule has 2 aromatic rings. The zero-order chi connectivity index (χ0) is 15.5. The Labute approximate surface area is 147 Å². The van der Waals surface area contributed by atoms with Crippen LogP contribution >= 0.6 is 0 Å². The average Bonchev–Trinajstić information content (AvgIpc) is 2.69. The molecule has 1 radical (unpaired) electrons. The molecule has 0 spiro atoms. The van der Waals surface area contributed by atoms with E-state index in [4.69, 9.17) is 4.98 Å². The molecule has 0 saturated heterocycles. The molecular formula is C20H24IrN-. The van der Waals surface area contributed by atoms with Crippen molar-refractivity contribution in [3.63, 3.8) is 0 Å². The third-order valence-electron chi connectivity index (χ3n) is 4.96. The number of rotatable bonds is 0. The maximum absolute atomic E-state index is 4.69. The second-order valence-electron chi connectivity index (χ2n) is 8.11. The summed E-state index contributed by atoms with van der Waals surface area (Å²) in [6.45, 7) is 14.1. The van der Waals surface area contributed by atoms with Gasteiger partial charge in [-0.1, -0.05) is 53.2 Å². The summed E-state index contributed by atoms with van der Waals surface area (Å²) in [7, 11) is 0. The SMILES string of the molecule is CC(C)(C)C1(C(C)(C)C)c2ccc[c-]c2-c2ncccc21.[Ir]. The molecule has 22 heavy (non-hydrogen) atoms. The van der Waals surface area contributed by atoms with Crippen molar-refractivity contribution in [1.82, 2.24) is 4.98 Å². The van der Waals surface area contributed by atoms with E-state index in [1.165, 1.54) is 16.7 Å². The van der Waals surface area contributed by atoms with Gasteiger partial charge in [-0.15, -0.1) is 35.4 Å². The first kappa shape index (κ1) is 17.4. The Morgan fingerprint density at radius 3 is 2.09 bits per heavy atom.